The van der Waals surface area contributed by atoms with Crippen molar-refractivity contribution in [2.75, 3.05) is 0 Å². The average Bonchev–Trinajstić information content (AvgIpc) is 2.86. The minimum absolute atomic E-state index is 0.531. The van der Waals surface area contributed by atoms with Crippen LogP contribution < -0.4 is 0 Å². The van der Waals surface area contributed by atoms with E-state index in [2.05, 4.69) is 42.9 Å². The molecule has 0 saturated carbocycles. The third kappa shape index (κ3) is 3.82. The summed E-state index contributed by atoms with van der Waals surface area (Å²) in [5.41, 5.74) is 4.02. The Bertz CT molecular complexity index is 875. The topological polar surface area (TPSA) is 28.7 Å². The molecular formula is C17H12Br2Cl2N2. The number of rotatable bonds is 3. The number of aryl methyl sites for hydroxylation is 1. The summed E-state index contributed by atoms with van der Waals surface area (Å²) < 4.78 is 2.09. The van der Waals surface area contributed by atoms with Crippen LogP contribution in [0.25, 0.3) is 11.3 Å². The van der Waals surface area contributed by atoms with Gasteiger partial charge in [-0.3, -0.25) is 0 Å². The molecule has 0 radical (unpaired) electrons. The van der Waals surface area contributed by atoms with Gasteiger partial charge in [0, 0.05) is 26.6 Å². The van der Waals surface area contributed by atoms with Crippen molar-refractivity contribution in [1.82, 2.24) is 9.97 Å². The van der Waals surface area contributed by atoms with E-state index in [1.807, 2.05) is 31.2 Å². The zero-order valence-corrected chi connectivity index (χ0v) is 16.8. The molecular weight excluding hydrogens is 463 g/mol. The number of H-pyrrole nitrogens is 1. The van der Waals surface area contributed by atoms with Gasteiger partial charge in [-0.05, 0) is 36.8 Å². The Balaban J connectivity index is 1.93. The molecule has 0 aliphatic heterocycles. The lowest BCUT2D eigenvalue weighted by atomic mass is 10.1. The highest BCUT2D eigenvalue weighted by Gasteiger charge is 2.12. The Morgan fingerprint density at radius 1 is 1.04 bits per heavy atom. The molecule has 3 rings (SSSR count). The second kappa shape index (κ2) is 6.98. The molecule has 23 heavy (non-hydrogen) atoms. The molecule has 0 amide bonds. The number of nitrogens with zero attached hydrogens (tertiary/aromatic N) is 1. The lowest BCUT2D eigenvalue weighted by molar-refractivity contribution is 1.01. The molecule has 1 aromatic heterocycles. The Kier molecular flexibility index (Phi) is 5.16. The summed E-state index contributed by atoms with van der Waals surface area (Å²) in [6.45, 7) is 2.00. The predicted molar refractivity (Wildman–Crippen MR) is 103 cm³/mol. The monoisotopic (exact) mass is 472 g/mol. The number of benzene rings is 2. The summed E-state index contributed by atoms with van der Waals surface area (Å²) in [5.74, 6) is 0.909. The molecule has 1 heterocycles. The molecule has 0 bridgehead atoms. The summed E-state index contributed by atoms with van der Waals surface area (Å²) in [7, 11) is 0. The van der Waals surface area contributed by atoms with Gasteiger partial charge in [0.1, 0.15) is 5.82 Å². The molecule has 0 atom stereocenters. The van der Waals surface area contributed by atoms with Crippen LogP contribution in [0.4, 0.5) is 0 Å². The van der Waals surface area contributed by atoms with Crippen molar-refractivity contribution < 1.29 is 0 Å². The number of halogens is 4. The summed E-state index contributed by atoms with van der Waals surface area (Å²) in [6, 6.07) is 11.7. The third-order valence-corrected chi connectivity index (χ3v) is 5.47. The fourth-order valence-corrected chi connectivity index (χ4v) is 3.86. The number of hydrogen-bond donors (Lipinski definition) is 1. The van der Waals surface area contributed by atoms with Gasteiger partial charge in [0.05, 0.1) is 15.7 Å². The summed E-state index contributed by atoms with van der Waals surface area (Å²) in [6.07, 6.45) is 0.718. The molecule has 0 aliphatic rings. The van der Waals surface area contributed by atoms with Crippen molar-refractivity contribution in [1.29, 1.82) is 0 Å². The van der Waals surface area contributed by atoms with E-state index in [1.165, 1.54) is 5.56 Å². The molecule has 0 spiro atoms. The van der Waals surface area contributed by atoms with Gasteiger partial charge in [0.15, 0.2) is 0 Å². The molecule has 2 nitrogen and oxygen atoms in total. The van der Waals surface area contributed by atoms with E-state index >= 15 is 0 Å². The van der Waals surface area contributed by atoms with Gasteiger partial charge in [0.2, 0.25) is 0 Å². The van der Waals surface area contributed by atoms with Crippen molar-refractivity contribution >= 4 is 55.1 Å². The largest absolute Gasteiger partial charge is 0.345 e. The lowest BCUT2D eigenvalue weighted by Gasteiger charge is -2.03. The zero-order valence-electron chi connectivity index (χ0n) is 12.1. The smallest absolute Gasteiger partial charge is 0.111 e. The lowest BCUT2D eigenvalue weighted by Crippen LogP contribution is -1.92. The molecule has 0 fully saturated rings. The number of nitrogens with one attached hydrogen (secondary N) is 1. The third-order valence-electron chi connectivity index (χ3n) is 3.50. The van der Waals surface area contributed by atoms with Crippen LogP contribution in [0.3, 0.4) is 0 Å². The van der Waals surface area contributed by atoms with Crippen molar-refractivity contribution in [2.24, 2.45) is 0 Å². The van der Waals surface area contributed by atoms with Crippen LogP contribution >= 0.6 is 55.1 Å². The van der Waals surface area contributed by atoms with Crippen LogP contribution in [-0.4, -0.2) is 9.97 Å². The number of aromatic amines is 1. The van der Waals surface area contributed by atoms with Gasteiger partial charge in [0.25, 0.3) is 0 Å². The highest BCUT2D eigenvalue weighted by molar-refractivity contribution is 9.11. The van der Waals surface area contributed by atoms with Crippen molar-refractivity contribution in [2.45, 2.75) is 13.3 Å². The maximum absolute atomic E-state index is 6.11. The maximum atomic E-state index is 6.11. The first kappa shape index (κ1) is 17.0. The fraction of sp³-hybridized carbons (Fsp3) is 0.118. The highest BCUT2D eigenvalue weighted by atomic mass is 79.9. The molecule has 6 heteroatoms. The molecule has 1 N–H and O–H groups in total. The van der Waals surface area contributed by atoms with Crippen molar-refractivity contribution in [3.05, 3.63) is 72.5 Å². The van der Waals surface area contributed by atoms with Crippen molar-refractivity contribution in [3.63, 3.8) is 0 Å². The Morgan fingerprint density at radius 3 is 2.52 bits per heavy atom. The van der Waals surface area contributed by atoms with E-state index in [0.717, 1.165) is 38.1 Å². The second-order valence-electron chi connectivity index (χ2n) is 5.20. The summed E-state index contributed by atoms with van der Waals surface area (Å²) >= 11 is 19.1. The van der Waals surface area contributed by atoms with Crippen LogP contribution in [0.1, 0.15) is 17.1 Å². The first-order valence-corrected chi connectivity index (χ1v) is 9.23. The van der Waals surface area contributed by atoms with E-state index in [9.17, 15) is 0 Å². The van der Waals surface area contributed by atoms with E-state index in [1.54, 1.807) is 6.07 Å². The van der Waals surface area contributed by atoms with Crippen molar-refractivity contribution in [3.8, 4) is 11.3 Å². The zero-order chi connectivity index (χ0) is 16.6. The normalized spacial score (nSPS) is 11.0. The number of hydrogen-bond acceptors (Lipinski definition) is 1. The van der Waals surface area contributed by atoms with E-state index in [0.29, 0.717) is 10.0 Å². The van der Waals surface area contributed by atoms with Gasteiger partial charge in [-0.25, -0.2) is 4.98 Å². The minimum Gasteiger partial charge on any atom is -0.345 e. The van der Waals surface area contributed by atoms with Gasteiger partial charge in [-0.2, -0.15) is 0 Å². The van der Waals surface area contributed by atoms with Gasteiger partial charge >= 0.3 is 0 Å². The molecule has 0 saturated heterocycles. The SMILES string of the molecule is Cc1[nH]c(Cc2ccc(Br)cc2Br)nc1-c1ccc(Cl)c(Cl)c1. The fourth-order valence-electron chi connectivity index (χ4n) is 2.38. The minimum atomic E-state index is 0.531. The Hall–Kier alpha value is -0.810. The number of imidazole rings is 1. The van der Waals surface area contributed by atoms with Crippen LogP contribution in [-0.2, 0) is 6.42 Å². The van der Waals surface area contributed by atoms with Gasteiger partial charge in [-0.1, -0.05) is 67.2 Å². The molecule has 0 unspecified atom stereocenters. The van der Waals surface area contributed by atoms with E-state index < -0.39 is 0 Å². The van der Waals surface area contributed by atoms with Gasteiger partial charge < -0.3 is 4.98 Å². The average molecular weight is 475 g/mol. The summed E-state index contributed by atoms with van der Waals surface area (Å²) in [5, 5.41) is 1.08. The summed E-state index contributed by atoms with van der Waals surface area (Å²) in [4.78, 5) is 8.07. The standard InChI is InChI=1S/C17H12Br2Cl2N2/c1-9-17(11-3-5-14(20)15(21)6-11)23-16(22-9)7-10-2-4-12(18)8-13(10)19/h2-6,8H,7H2,1H3,(H,22,23). The first-order chi connectivity index (χ1) is 10.9. The van der Waals surface area contributed by atoms with Gasteiger partial charge in [-0.15, -0.1) is 0 Å². The van der Waals surface area contributed by atoms with E-state index in [-0.39, 0.29) is 0 Å². The second-order valence-corrected chi connectivity index (χ2v) is 7.78. The molecule has 3 aromatic rings. The maximum Gasteiger partial charge on any atom is 0.111 e. The van der Waals surface area contributed by atoms with Crippen LogP contribution in [0.2, 0.25) is 10.0 Å². The van der Waals surface area contributed by atoms with Crippen LogP contribution in [0.5, 0.6) is 0 Å². The van der Waals surface area contributed by atoms with E-state index in [4.69, 9.17) is 28.2 Å². The molecule has 0 aliphatic carbocycles. The predicted octanol–water partition coefficient (Wildman–Crippen LogP) is 6.81. The van der Waals surface area contributed by atoms with Crippen LogP contribution in [0.15, 0.2) is 45.3 Å². The molecule has 118 valence electrons. The Morgan fingerprint density at radius 2 is 1.83 bits per heavy atom. The Labute approximate surface area is 161 Å². The van der Waals surface area contributed by atoms with Crippen LogP contribution in [0, 0.1) is 6.92 Å². The highest BCUT2D eigenvalue weighted by Crippen LogP contribution is 2.30. The molecule has 2 aromatic carbocycles. The quantitative estimate of drug-likeness (QED) is 0.444. The first-order valence-electron chi connectivity index (χ1n) is 6.89. The number of aromatic nitrogens is 2.